The van der Waals surface area contributed by atoms with E-state index in [9.17, 15) is 4.79 Å². The van der Waals surface area contributed by atoms with Gasteiger partial charge in [0.2, 0.25) is 0 Å². The number of nitrogens with one attached hydrogen (secondary N) is 1. The summed E-state index contributed by atoms with van der Waals surface area (Å²) >= 11 is 0. The van der Waals surface area contributed by atoms with E-state index >= 15 is 0 Å². The van der Waals surface area contributed by atoms with Crippen molar-refractivity contribution in [2.45, 2.75) is 71.9 Å². The molecule has 4 rings (SSSR count). The van der Waals surface area contributed by atoms with Gasteiger partial charge in [0.25, 0.3) is 0 Å². The minimum Gasteiger partial charge on any atom is -0.327 e. The highest BCUT2D eigenvalue weighted by atomic mass is 16.2. The topological polar surface area (TPSA) is 50.2 Å². The van der Waals surface area contributed by atoms with Gasteiger partial charge in [-0.2, -0.15) is 0 Å². The Morgan fingerprint density at radius 1 is 1.06 bits per heavy atom. The molecule has 0 saturated carbocycles. The fourth-order valence-corrected chi connectivity index (χ4v) is 4.83. The second-order valence-electron chi connectivity index (χ2n) is 9.11. The minimum absolute atomic E-state index is 0.000984. The Labute approximate surface area is 185 Å². The van der Waals surface area contributed by atoms with Crippen molar-refractivity contribution in [3.8, 4) is 0 Å². The van der Waals surface area contributed by atoms with E-state index in [-0.39, 0.29) is 12.1 Å². The van der Waals surface area contributed by atoms with E-state index in [0.717, 1.165) is 48.5 Å². The van der Waals surface area contributed by atoms with E-state index in [1.54, 1.807) is 0 Å². The van der Waals surface area contributed by atoms with Gasteiger partial charge in [-0.15, -0.1) is 0 Å². The van der Waals surface area contributed by atoms with Gasteiger partial charge in [-0.3, -0.25) is 0 Å². The molecule has 0 aliphatic carbocycles. The molecule has 0 spiro atoms. The maximum atomic E-state index is 13.5. The maximum Gasteiger partial charge on any atom is 0.322 e. The third-order valence-corrected chi connectivity index (χ3v) is 6.42. The molecule has 2 amide bonds. The number of anilines is 1. The van der Waals surface area contributed by atoms with Crippen LogP contribution in [-0.4, -0.2) is 27.0 Å². The number of para-hydroxylation sites is 3. The second kappa shape index (κ2) is 8.74. The zero-order valence-corrected chi connectivity index (χ0v) is 19.4. The van der Waals surface area contributed by atoms with Gasteiger partial charge >= 0.3 is 6.03 Å². The first-order valence-electron chi connectivity index (χ1n) is 11.6. The number of likely N-dealkylation sites (tertiary alicyclic amines) is 1. The Kier molecular flexibility index (Phi) is 6.03. The predicted molar refractivity (Wildman–Crippen MR) is 128 cm³/mol. The number of imidazole rings is 1. The number of urea groups is 1. The number of fused-ring (bicyclic) bond motifs is 1. The van der Waals surface area contributed by atoms with E-state index < -0.39 is 0 Å². The average Bonchev–Trinajstić information content (AvgIpc) is 3.37. The number of aryl methyl sites for hydroxylation is 1. The number of amides is 2. The highest BCUT2D eigenvalue weighted by Gasteiger charge is 2.34. The molecule has 1 aliphatic rings. The first-order valence-corrected chi connectivity index (χ1v) is 11.6. The van der Waals surface area contributed by atoms with Crippen LogP contribution >= 0.6 is 0 Å². The summed E-state index contributed by atoms with van der Waals surface area (Å²) in [4.78, 5) is 20.5. The van der Waals surface area contributed by atoms with Crippen molar-refractivity contribution >= 4 is 22.8 Å². The third-order valence-electron chi connectivity index (χ3n) is 6.42. The zero-order chi connectivity index (χ0) is 22.1. The molecular formula is C26H34N4O. The van der Waals surface area contributed by atoms with Crippen LogP contribution in [0.15, 0.2) is 42.5 Å². The van der Waals surface area contributed by atoms with Gasteiger partial charge in [-0.1, -0.05) is 58.0 Å². The van der Waals surface area contributed by atoms with Crippen LogP contribution in [0.5, 0.6) is 0 Å². The quantitative estimate of drug-likeness (QED) is 0.503. The molecule has 1 aromatic heterocycles. The summed E-state index contributed by atoms with van der Waals surface area (Å²) < 4.78 is 2.26. The third kappa shape index (κ3) is 3.93. The van der Waals surface area contributed by atoms with Gasteiger partial charge in [0.05, 0.1) is 17.1 Å². The molecule has 0 radical (unpaired) electrons. The molecule has 1 aliphatic heterocycles. The minimum atomic E-state index is -0.0211. The second-order valence-corrected chi connectivity index (χ2v) is 9.11. The zero-order valence-electron chi connectivity index (χ0n) is 19.4. The van der Waals surface area contributed by atoms with Crippen LogP contribution in [0.25, 0.3) is 11.0 Å². The van der Waals surface area contributed by atoms with Crippen molar-refractivity contribution in [2.24, 2.45) is 0 Å². The average molecular weight is 419 g/mol. The van der Waals surface area contributed by atoms with E-state index in [0.29, 0.717) is 11.8 Å². The maximum absolute atomic E-state index is 13.5. The molecular weight excluding hydrogens is 384 g/mol. The van der Waals surface area contributed by atoms with Crippen LogP contribution in [0.3, 0.4) is 0 Å². The first kappa shape index (κ1) is 21.4. The van der Waals surface area contributed by atoms with Crippen LogP contribution in [0, 0.1) is 0 Å². The molecule has 164 valence electrons. The van der Waals surface area contributed by atoms with E-state index in [4.69, 9.17) is 4.98 Å². The van der Waals surface area contributed by atoms with E-state index in [1.165, 1.54) is 11.1 Å². The SMILES string of the molecule is CCn1c(C2CCCN2C(=O)Nc2c(C(C)C)cccc2C(C)C)nc2ccccc21. The number of hydrogen-bond donors (Lipinski definition) is 1. The van der Waals surface area contributed by atoms with Gasteiger partial charge in [-0.25, -0.2) is 9.78 Å². The number of nitrogens with zero attached hydrogens (tertiary/aromatic N) is 3. The molecule has 1 N–H and O–H groups in total. The number of carbonyl (C=O) groups excluding carboxylic acids is 1. The Hall–Kier alpha value is -2.82. The lowest BCUT2D eigenvalue weighted by atomic mass is 9.93. The number of benzene rings is 2. The summed E-state index contributed by atoms with van der Waals surface area (Å²) in [6.07, 6.45) is 1.94. The summed E-state index contributed by atoms with van der Waals surface area (Å²) in [5, 5.41) is 3.30. The van der Waals surface area contributed by atoms with Crippen molar-refractivity contribution in [1.29, 1.82) is 0 Å². The van der Waals surface area contributed by atoms with Gasteiger partial charge < -0.3 is 14.8 Å². The van der Waals surface area contributed by atoms with Crippen LogP contribution < -0.4 is 5.32 Å². The monoisotopic (exact) mass is 418 g/mol. The molecule has 5 heteroatoms. The van der Waals surface area contributed by atoms with Crippen molar-refractivity contribution in [3.63, 3.8) is 0 Å². The van der Waals surface area contributed by atoms with Crippen LogP contribution in [-0.2, 0) is 6.54 Å². The van der Waals surface area contributed by atoms with Crippen molar-refractivity contribution in [3.05, 3.63) is 59.4 Å². The standard InChI is InChI=1S/C26H34N4O/c1-6-29-22-14-8-7-13-21(22)27-25(29)23-15-10-16-30(23)26(31)28-24-19(17(2)3)11-9-12-20(24)18(4)5/h7-9,11-14,17-18,23H,6,10,15-16H2,1-5H3,(H,28,31). The first-order chi connectivity index (χ1) is 14.9. The highest BCUT2D eigenvalue weighted by molar-refractivity contribution is 5.92. The van der Waals surface area contributed by atoms with E-state index in [2.05, 4.69) is 80.9 Å². The molecule has 2 heterocycles. The lowest BCUT2D eigenvalue weighted by Crippen LogP contribution is -2.36. The molecule has 1 unspecified atom stereocenters. The summed E-state index contributed by atoms with van der Waals surface area (Å²) in [5.41, 5.74) is 5.50. The molecule has 1 saturated heterocycles. The normalized spacial score (nSPS) is 16.6. The fourth-order valence-electron chi connectivity index (χ4n) is 4.83. The summed E-state index contributed by atoms with van der Waals surface area (Å²) in [5.74, 6) is 1.68. The number of rotatable bonds is 5. The summed E-state index contributed by atoms with van der Waals surface area (Å²) in [7, 11) is 0. The molecule has 3 aromatic rings. The van der Waals surface area contributed by atoms with E-state index in [1.807, 2.05) is 11.0 Å². The Morgan fingerprint density at radius 2 is 1.74 bits per heavy atom. The van der Waals surface area contributed by atoms with Crippen molar-refractivity contribution in [1.82, 2.24) is 14.5 Å². The Bertz CT molecular complexity index is 1060. The fraction of sp³-hybridized carbons (Fsp3) is 0.462. The van der Waals surface area contributed by atoms with Crippen molar-refractivity contribution in [2.75, 3.05) is 11.9 Å². The largest absolute Gasteiger partial charge is 0.327 e. The predicted octanol–water partition coefficient (Wildman–Crippen LogP) is 6.67. The van der Waals surface area contributed by atoms with Gasteiger partial charge in [0.15, 0.2) is 0 Å². The molecule has 1 fully saturated rings. The Morgan fingerprint density at radius 3 is 2.39 bits per heavy atom. The van der Waals surface area contributed by atoms with Crippen LogP contribution in [0.2, 0.25) is 0 Å². The molecule has 31 heavy (non-hydrogen) atoms. The molecule has 0 bridgehead atoms. The number of carbonyl (C=O) groups is 1. The van der Waals surface area contributed by atoms with Crippen LogP contribution in [0.1, 0.15) is 82.3 Å². The molecule has 2 aromatic carbocycles. The number of aromatic nitrogens is 2. The molecule has 5 nitrogen and oxygen atoms in total. The summed E-state index contributed by atoms with van der Waals surface area (Å²) in [6.45, 7) is 12.5. The molecule has 1 atom stereocenters. The highest BCUT2D eigenvalue weighted by Crippen LogP contribution is 2.36. The summed E-state index contributed by atoms with van der Waals surface area (Å²) in [6, 6.07) is 14.6. The lowest BCUT2D eigenvalue weighted by Gasteiger charge is -2.27. The smallest absolute Gasteiger partial charge is 0.322 e. The van der Waals surface area contributed by atoms with Crippen molar-refractivity contribution < 1.29 is 4.79 Å². The van der Waals surface area contributed by atoms with Gasteiger partial charge in [-0.05, 0) is 54.9 Å². The Balaban J connectivity index is 1.68. The van der Waals surface area contributed by atoms with Gasteiger partial charge in [0.1, 0.15) is 5.82 Å². The number of hydrogen-bond acceptors (Lipinski definition) is 2. The lowest BCUT2D eigenvalue weighted by molar-refractivity contribution is 0.204. The van der Waals surface area contributed by atoms with Crippen LogP contribution in [0.4, 0.5) is 10.5 Å². The van der Waals surface area contributed by atoms with Gasteiger partial charge in [0, 0.05) is 18.8 Å².